The summed E-state index contributed by atoms with van der Waals surface area (Å²) in [7, 11) is 0. The fourth-order valence-electron chi connectivity index (χ4n) is 7.97. The smallest absolute Gasteiger partial charge is 0.143 e. The Bertz CT molecular complexity index is 3090. The van der Waals surface area contributed by atoms with E-state index in [-0.39, 0.29) is 0 Å². The molecule has 0 aliphatic heterocycles. The Hall–Kier alpha value is -7.04. The molecule has 0 N–H and O–H groups in total. The molecule has 0 spiro atoms. The highest BCUT2D eigenvalue weighted by Crippen LogP contribution is 2.45. The number of hydrogen-bond donors (Lipinski definition) is 0. The summed E-state index contributed by atoms with van der Waals surface area (Å²) in [5, 5.41) is 6.53. The minimum Gasteiger partial charge on any atom is -0.456 e. The molecule has 0 amide bonds. The molecule has 0 bridgehead atoms. The van der Waals surface area contributed by atoms with E-state index in [0.29, 0.717) is 0 Å². The Morgan fingerprint density at radius 3 is 1.65 bits per heavy atom. The number of anilines is 3. The van der Waals surface area contributed by atoms with Crippen LogP contribution < -0.4 is 4.90 Å². The summed E-state index contributed by atoms with van der Waals surface area (Å²) in [6, 6.07) is 61.1. The third kappa shape index (κ3) is 4.34. The van der Waals surface area contributed by atoms with Gasteiger partial charge in [-0.15, -0.1) is 0 Å². The van der Waals surface area contributed by atoms with E-state index in [1.807, 2.05) is 30.3 Å². The molecule has 0 atom stereocenters. The fourth-order valence-corrected chi connectivity index (χ4v) is 7.97. The van der Waals surface area contributed by atoms with E-state index in [1.165, 1.54) is 0 Å². The van der Waals surface area contributed by atoms with Gasteiger partial charge in [-0.1, -0.05) is 103 Å². The average Bonchev–Trinajstić information content (AvgIpc) is 3.89. The molecule has 4 nitrogen and oxygen atoms in total. The van der Waals surface area contributed by atoms with E-state index < -0.39 is 0 Å². The Kier molecular flexibility index (Phi) is 6.22. The summed E-state index contributed by atoms with van der Waals surface area (Å²) in [6.07, 6.45) is 0. The monoisotopic (exact) mass is 667 g/mol. The van der Waals surface area contributed by atoms with Crippen LogP contribution in [-0.4, -0.2) is 0 Å². The van der Waals surface area contributed by atoms with Crippen molar-refractivity contribution < 1.29 is 13.3 Å². The molecule has 0 fully saturated rings. The fraction of sp³-hybridized carbons (Fsp3) is 0. The zero-order valence-electron chi connectivity index (χ0n) is 27.9. The van der Waals surface area contributed by atoms with Crippen LogP contribution in [0.25, 0.3) is 88.1 Å². The molecule has 0 unspecified atom stereocenters. The molecule has 0 saturated heterocycles. The highest BCUT2D eigenvalue weighted by Gasteiger charge is 2.20. The van der Waals surface area contributed by atoms with Crippen LogP contribution in [-0.2, 0) is 0 Å². The number of furan rings is 3. The van der Waals surface area contributed by atoms with E-state index >= 15 is 0 Å². The first kappa shape index (κ1) is 28.8. The molecule has 8 aromatic carbocycles. The van der Waals surface area contributed by atoms with Gasteiger partial charge in [0.15, 0.2) is 0 Å². The lowest BCUT2D eigenvalue weighted by atomic mass is 9.95. The van der Waals surface area contributed by atoms with Crippen molar-refractivity contribution in [3.63, 3.8) is 0 Å². The van der Waals surface area contributed by atoms with E-state index in [1.54, 1.807) is 0 Å². The van der Waals surface area contributed by atoms with Gasteiger partial charge < -0.3 is 18.2 Å². The first-order valence-electron chi connectivity index (χ1n) is 17.5. The van der Waals surface area contributed by atoms with Crippen LogP contribution in [0, 0.1) is 0 Å². The van der Waals surface area contributed by atoms with E-state index in [9.17, 15) is 0 Å². The maximum absolute atomic E-state index is 6.72. The summed E-state index contributed by atoms with van der Waals surface area (Å²) >= 11 is 0. The summed E-state index contributed by atoms with van der Waals surface area (Å²) in [5.74, 6) is 0. The van der Waals surface area contributed by atoms with E-state index in [4.69, 9.17) is 13.3 Å². The van der Waals surface area contributed by atoms with Crippen molar-refractivity contribution in [1.29, 1.82) is 0 Å². The van der Waals surface area contributed by atoms with Crippen molar-refractivity contribution in [2.45, 2.75) is 0 Å². The van der Waals surface area contributed by atoms with Gasteiger partial charge in [-0.05, 0) is 83.4 Å². The molecule has 0 saturated carbocycles. The first-order chi connectivity index (χ1) is 25.8. The van der Waals surface area contributed by atoms with Crippen LogP contribution in [0.4, 0.5) is 17.1 Å². The van der Waals surface area contributed by atoms with Crippen LogP contribution in [0.15, 0.2) is 189 Å². The Balaban J connectivity index is 1.05. The first-order valence-corrected chi connectivity index (χ1v) is 17.5. The van der Waals surface area contributed by atoms with Crippen LogP contribution in [0.2, 0.25) is 0 Å². The van der Waals surface area contributed by atoms with Crippen molar-refractivity contribution in [3.05, 3.63) is 176 Å². The van der Waals surface area contributed by atoms with Gasteiger partial charge in [0.05, 0.1) is 0 Å². The molecule has 3 heterocycles. The molecule has 11 rings (SSSR count). The number of benzene rings is 8. The Morgan fingerprint density at radius 2 is 0.865 bits per heavy atom. The Morgan fingerprint density at radius 1 is 0.308 bits per heavy atom. The highest BCUT2D eigenvalue weighted by atomic mass is 16.3. The standard InChI is InChI=1S/C48H29NO3/c1-3-12-31(13-4-1)49(32-14-5-2-6-15-32)33-25-27-36-35-26-24-30(28-44(35)51-45(36)29-33)34-17-10-23-43-46(34)40-20-9-19-38(48(40)52-43)37-18-11-22-42-47(37)39-16-7-8-21-41(39)50-42/h1-29H. The molecule has 3 aromatic heterocycles. The molecular formula is C48H29NO3. The minimum atomic E-state index is 0.846. The molecule has 0 aliphatic rings. The molecule has 0 aliphatic carbocycles. The Labute approximate surface area is 298 Å². The predicted octanol–water partition coefficient (Wildman–Crippen LogP) is 14.2. The van der Waals surface area contributed by atoms with Crippen molar-refractivity contribution in [2.24, 2.45) is 0 Å². The molecule has 11 aromatic rings. The molecule has 52 heavy (non-hydrogen) atoms. The molecular weight excluding hydrogens is 639 g/mol. The third-order valence-electron chi connectivity index (χ3n) is 10.3. The van der Waals surface area contributed by atoms with Crippen molar-refractivity contribution >= 4 is 82.9 Å². The topological polar surface area (TPSA) is 42.7 Å². The number of hydrogen-bond acceptors (Lipinski definition) is 4. The zero-order chi connectivity index (χ0) is 34.2. The third-order valence-corrected chi connectivity index (χ3v) is 10.3. The molecule has 4 heteroatoms. The van der Waals surface area contributed by atoms with E-state index in [2.05, 4.69) is 150 Å². The second-order valence-electron chi connectivity index (χ2n) is 13.2. The SMILES string of the molecule is c1ccc(N(c2ccccc2)c2ccc3c(c2)oc2cc(-c4cccc5oc6c(-c7cccc8oc9ccccc9c78)cccc6c45)ccc23)cc1. The maximum atomic E-state index is 6.72. The molecule has 0 radical (unpaired) electrons. The van der Waals surface area contributed by atoms with Crippen molar-refractivity contribution in [3.8, 4) is 22.3 Å². The van der Waals surface area contributed by atoms with Gasteiger partial charge in [-0.25, -0.2) is 0 Å². The van der Waals surface area contributed by atoms with Crippen LogP contribution in [0.5, 0.6) is 0 Å². The van der Waals surface area contributed by atoms with Gasteiger partial charge in [-0.3, -0.25) is 0 Å². The normalized spacial score (nSPS) is 11.8. The quantitative estimate of drug-likeness (QED) is 0.183. The second kappa shape index (κ2) is 11.2. The average molecular weight is 668 g/mol. The highest BCUT2D eigenvalue weighted by molar-refractivity contribution is 6.19. The predicted molar refractivity (Wildman–Crippen MR) is 214 cm³/mol. The van der Waals surface area contributed by atoms with Gasteiger partial charge in [0.2, 0.25) is 0 Å². The minimum absolute atomic E-state index is 0.846. The van der Waals surface area contributed by atoms with Crippen molar-refractivity contribution in [1.82, 2.24) is 0 Å². The van der Waals surface area contributed by atoms with Crippen LogP contribution >= 0.6 is 0 Å². The summed E-state index contributed by atoms with van der Waals surface area (Å²) in [5.41, 5.74) is 12.7. The largest absolute Gasteiger partial charge is 0.456 e. The van der Waals surface area contributed by atoms with Crippen LogP contribution in [0.1, 0.15) is 0 Å². The molecule has 244 valence electrons. The van der Waals surface area contributed by atoms with E-state index in [0.717, 1.165) is 105 Å². The van der Waals surface area contributed by atoms with Gasteiger partial charge in [0.25, 0.3) is 0 Å². The number of para-hydroxylation sites is 4. The van der Waals surface area contributed by atoms with Gasteiger partial charge in [0, 0.05) is 61.0 Å². The zero-order valence-corrected chi connectivity index (χ0v) is 27.9. The number of fused-ring (bicyclic) bond motifs is 9. The van der Waals surface area contributed by atoms with Gasteiger partial charge in [-0.2, -0.15) is 0 Å². The summed E-state index contributed by atoms with van der Waals surface area (Å²) in [4.78, 5) is 2.26. The summed E-state index contributed by atoms with van der Waals surface area (Å²) in [6.45, 7) is 0. The lowest BCUT2D eigenvalue weighted by Gasteiger charge is -2.25. The van der Waals surface area contributed by atoms with Gasteiger partial charge >= 0.3 is 0 Å². The number of nitrogens with zero attached hydrogens (tertiary/aromatic N) is 1. The lowest BCUT2D eigenvalue weighted by Crippen LogP contribution is -2.09. The second-order valence-corrected chi connectivity index (χ2v) is 13.2. The van der Waals surface area contributed by atoms with Crippen LogP contribution in [0.3, 0.4) is 0 Å². The maximum Gasteiger partial charge on any atom is 0.143 e. The lowest BCUT2D eigenvalue weighted by molar-refractivity contribution is 0.668. The van der Waals surface area contributed by atoms with Gasteiger partial charge in [0.1, 0.15) is 33.5 Å². The number of rotatable bonds is 5. The van der Waals surface area contributed by atoms with Crippen molar-refractivity contribution in [2.75, 3.05) is 4.90 Å². The summed E-state index contributed by atoms with van der Waals surface area (Å²) < 4.78 is 19.6.